The Bertz CT molecular complexity index is 852. The molecule has 4 rings (SSSR count). The fourth-order valence-electron chi connectivity index (χ4n) is 4.49. The van der Waals surface area contributed by atoms with Crippen LogP contribution in [-0.4, -0.2) is 68.5 Å². The lowest BCUT2D eigenvalue weighted by Crippen LogP contribution is -2.24. The standard InChI is InChI=1S/C23H34N4O3/c1-28-13-6-9-24-21-18-7-5-8-19(18)25-20-15-17(23(29-2)26-22(20)21)16-30-14-12-27-10-3-4-11-27/h15H,3-14,16H2,1-2H3,(H,24,25). The van der Waals surface area contributed by atoms with Gasteiger partial charge in [0.25, 0.3) is 0 Å². The molecule has 0 unspecified atom stereocenters. The number of methoxy groups -OCH3 is 2. The Morgan fingerprint density at radius 2 is 1.93 bits per heavy atom. The first kappa shape index (κ1) is 21.3. The minimum absolute atomic E-state index is 0.495. The van der Waals surface area contributed by atoms with Crippen LogP contribution >= 0.6 is 0 Å². The number of nitrogens with zero attached hydrogens (tertiary/aromatic N) is 3. The van der Waals surface area contributed by atoms with Gasteiger partial charge in [0, 0.05) is 38.1 Å². The van der Waals surface area contributed by atoms with Crippen molar-refractivity contribution in [1.82, 2.24) is 14.9 Å². The second-order valence-corrected chi connectivity index (χ2v) is 8.16. The molecule has 3 heterocycles. The molecule has 0 aromatic carbocycles. The Labute approximate surface area is 179 Å². The van der Waals surface area contributed by atoms with Crippen LogP contribution in [0.15, 0.2) is 6.07 Å². The molecule has 0 spiro atoms. The number of pyridine rings is 2. The van der Waals surface area contributed by atoms with Gasteiger partial charge in [-0.2, -0.15) is 0 Å². The molecule has 2 aromatic heterocycles. The number of aryl methyl sites for hydroxylation is 1. The summed E-state index contributed by atoms with van der Waals surface area (Å²) in [5.41, 5.74) is 6.40. The molecule has 0 atom stereocenters. The molecule has 0 saturated carbocycles. The van der Waals surface area contributed by atoms with Crippen molar-refractivity contribution >= 4 is 16.7 Å². The van der Waals surface area contributed by atoms with E-state index in [0.717, 1.165) is 74.3 Å². The van der Waals surface area contributed by atoms with Crippen LogP contribution in [-0.2, 0) is 28.9 Å². The lowest BCUT2D eigenvalue weighted by atomic mass is 10.1. The summed E-state index contributed by atoms with van der Waals surface area (Å²) in [4.78, 5) is 12.3. The van der Waals surface area contributed by atoms with Crippen molar-refractivity contribution in [2.24, 2.45) is 0 Å². The van der Waals surface area contributed by atoms with E-state index in [2.05, 4.69) is 16.3 Å². The van der Waals surface area contributed by atoms with Crippen molar-refractivity contribution in [3.8, 4) is 5.88 Å². The first-order valence-corrected chi connectivity index (χ1v) is 11.2. The quantitative estimate of drug-likeness (QED) is 0.566. The summed E-state index contributed by atoms with van der Waals surface area (Å²) >= 11 is 0. The van der Waals surface area contributed by atoms with E-state index in [1.54, 1.807) is 14.2 Å². The van der Waals surface area contributed by atoms with Crippen LogP contribution in [0.2, 0.25) is 0 Å². The minimum Gasteiger partial charge on any atom is -0.481 e. The van der Waals surface area contributed by atoms with Crippen LogP contribution in [0, 0.1) is 0 Å². The van der Waals surface area contributed by atoms with Crippen LogP contribution < -0.4 is 10.1 Å². The number of aromatic nitrogens is 2. The third-order valence-corrected chi connectivity index (χ3v) is 6.05. The van der Waals surface area contributed by atoms with Crippen molar-refractivity contribution in [3.63, 3.8) is 0 Å². The molecule has 1 aliphatic heterocycles. The number of fused-ring (bicyclic) bond motifs is 2. The molecule has 1 aliphatic carbocycles. The lowest BCUT2D eigenvalue weighted by molar-refractivity contribution is 0.0975. The highest BCUT2D eigenvalue weighted by Crippen LogP contribution is 2.35. The maximum atomic E-state index is 5.97. The average Bonchev–Trinajstić information content (AvgIpc) is 3.45. The molecular weight excluding hydrogens is 380 g/mol. The van der Waals surface area contributed by atoms with E-state index < -0.39 is 0 Å². The zero-order valence-corrected chi connectivity index (χ0v) is 18.3. The molecule has 7 nitrogen and oxygen atoms in total. The minimum atomic E-state index is 0.495. The topological polar surface area (TPSA) is 68.7 Å². The molecule has 0 amide bonds. The smallest absolute Gasteiger partial charge is 0.219 e. The zero-order chi connectivity index (χ0) is 20.8. The molecule has 0 radical (unpaired) electrons. The van der Waals surface area contributed by atoms with Crippen LogP contribution in [0.5, 0.6) is 5.88 Å². The number of hydrogen-bond acceptors (Lipinski definition) is 7. The van der Waals surface area contributed by atoms with Gasteiger partial charge in [0.15, 0.2) is 0 Å². The first-order valence-electron chi connectivity index (χ1n) is 11.2. The molecule has 1 saturated heterocycles. The zero-order valence-electron chi connectivity index (χ0n) is 18.3. The summed E-state index contributed by atoms with van der Waals surface area (Å²) in [5, 5.41) is 3.60. The maximum absolute atomic E-state index is 5.97. The molecule has 2 aromatic rings. The van der Waals surface area contributed by atoms with E-state index in [4.69, 9.17) is 24.2 Å². The average molecular weight is 415 g/mol. The van der Waals surface area contributed by atoms with Crippen molar-refractivity contribution < 1.29 is 14.2 Å². The predicted molar refractivity (Wildman–Crippen MR) is 118 cm³/mol. The van der Waals surface area contributed by atoms with Crippen LogP contribution in [0.4, 0.5) is 5.69 Å². The number of nitrogens with one attached hydrogen (secondary N) is 1. The Morgan fingerprint density at radius 1 is 1.07 bits per heavy atom. The van der Waals surface area contributed by atoms with Gasteiger partial charge in [-0.1, -0.05) is 0 Å². The van der Waals surface area contributed by atoms with Crippen LogP contribution in [0.25, 0.3) is 11.0 Å². The van der Waals surface area contributed by atoms with Crippen molar-refractivity contribution in [2.45, 2.75) is 45.1 Å². The van der Waals surface area contributed by atoms with Crippen molar-refractivity contribution in [2.75, 3.05) is 58.9 Å². The van der Waals surface area contributed by atoms with E-state index in [1.165, 1.54) is 37.2 Å². The summed E-state index contributed by atoms with van der Waals surface area (Å²) in [6, 6.07) is 2.09. The summed E-state index contributed by atoms with van der Waals surface area (Å²) in [7, 11) is 3.41. The van der Waals surface area contributed by atoms with Gasteiger partial charge in [-0.15, -0.1) is 0 Å². The number of likely N-dealkylation sites (tertiary alicyclic amines) is 1. The highest BCUT2D eigenvalue weighted by atomic mass is 16.5. The number of rotatable bonds is 11. The van der Waals surface area contributed by atoms with Gasteiger partial charge in [-0.05, 0) is 63.2 Å². The van der Waals surface area contributed by atoms with E-state index >= 15 is 0 Å². The monoisotopic (exact) mass is 414 g/mol. The summed E-state index contributed by atoms with van der Waals surface area (Å²) < 4.78 is 16.8. The molecule has 2 aliphatic rings. The Hall–Kier alpha value is -1.96. The van der Waals surface area contributed by atoms with Crippen molar-refractivity contribution in [1.29, 1.82) is 0 Å². The number of anilines is 1. The predicted octanol–water partition coefficient (Wildman–Crippen LogP) is 3.19. The second kappa shape index (κ2) is 10.4. The third kappa shape index (κ3) is 4.85. The normalized spacial score (nSPS) is 16.3. The SMILES string of the molecule is COCCCNc1c2c(nc3cc(COCCN4CCCC4)c(OC)nc13)CCC2. The van der Waals surface area contributed by atoms with Crippen LogP contribution in [0.1, 0.15) is 42.5 Å². The first-order chi connectivity index (χ1) is 14.8. The third-order valence-electron chi connectivity index (χ3n) is 6.05. The van der Waals surface area contributed by atoms with Gasteiger partial charge in [0.1, 0.15) is 5.52 Å². The molecular formula is C23H34N4O3. The van der Waals surface area contributed by atoms with Crippen LogP contribution in [0.3, 0.4) is 0 Å². The molecule has 1 fully saturated rings. The van der Waals surface area contributed by atoms with E-state index in [0.29, 0.717) is 12.5 Å². The fraction of sp³-hybridized carbons (Fsp3) is 0.652. The fourth-order valence-corrected chi connectivity index (χ4v) is 4.49. The van der Waals surface area contributed by atoms with Crippen molar-refractivity contribution in [3.05, 3.63) is 22.9 Å². The number of ether oxygens (including phenoxy) is 3. The largest absolute Gasteiger partial charge is 0.481 e. The highest BCUT2D eigenvalue weighted by molar-refractivity contribution is 5.91. The summed E-state index contributed by atoms with van der Waals surface area (Å²) in [5.74, 6) is 0.628. The van der Waals surface area contributed by atoms with E-state index in [-0.39, 0.29) is 0 Å². The maximum Gasteiger partial charge on any atom is 0.219 e. The Kier molecular flexibility index (Phi) is 7.36. The molecule has 0 bridgehead atoms. The molecule has 7 heteroatoms. The van der Waals surface area contributed by atoms with Gasteiger partial charge < -0.3 is 24.4 Å². The molecule has 30 heavy (non-hydrogen) atoms. The summed E-state index contributed by atoms with van der Waals surface area (Å²) in [6.07, 6.45) is 6.80. The molecule has 164 valence electrons. The van der Waals surface area contributed by atoms with E-state index in [9.17, 15) is 0 Å². The van der Waals surface area contributed by atoms with Gasteiger partial charge in [-0.3, -0.25) is 4.98 Å². The van der Waals surface area contributed by atoms with Gasteiger partial charge in [-0.25, -0.2) is 4.98 Å². The number of hydrogen-bond donors (Lipinski definition) is 1. The molecule has 1 N–H and O–H groups in total. The summed E-state index contributed by atoms with van der Waals surface area (Å²) in [6.45, 7) is 6.20. The van der Waals surface area contributed by atoms with Gasteiger partial charge >= 0.3 is 0 Å². The Morgan fingerprint density at radius 3 is 2.73 bits per heavy atom. The van der Waals surface area contributed by atoms with Gasteiger partial charge in [0.05, 0.1) is 31.5 Å². The lowest BCUT2D eigenvalue weighted by Gasteiger charge is -2.17. The second-order valence-electron chi connectivity index (χ2n) is 8.16. The van der Waals surface area contributed by atoms with Gasteiger partial charge in [0.2, 0.25) is 5.88 Å². The highest BCUT2D eigenvalue weighted by Gasteiger charge is 2.22. The van der Waals surface area contributed by atoms with E-state index in [1.807, 2.05) is 0 Å². The Balaban J connectivity index is 1.53.